The molecule has 0 aromatic heterocycles. The van der Waals surface area contributed by atoms with Gasteiger partial charge in [0.05, 0.1) is 23.1 Å². The number of nitrogens with zero attached hydrogens (tertiary/aromatic N) is 3. The number of amides is 2. The summed E-state index contributed by atoms with van der Waals surface area (Å²) >= 11 is 6.59. The quantitative estimate of drug-likeness (QED) is 0.297. The highest BCUT2D eigenvalue weighted by molar-refractivity contribution is 6.31. The maximum atomic E-state index is 14.1. The smallest absolute Gasteiger partial charge is 0.310 e. The number of benzene rings is 1. The molecule has 40 heavy (non-hydrogen) atoms. The van der Waals surface area contributed by atoms with Crippen molar-refractivity contribution in [1.82, 2.24) is 14.8 Å². The Morgan fingerprint density at radius 1 is 1.27 bits per heavy atom. The highest BCUT2D eigenvalue weighted by Crippen LogP contribution is 2.47. The van der Waals surface area contributed by atoms with Crippen molar-refractivity contribution in [3.8, 4) is 5.75 Å². The van der Waals surface area contributed by atoms with Gasteiger partial charge in [0.1, 0.15) is 18.1 Å². The van der Waals surface area contributed by atoms with Gasteiger partial charge in [0, 0.05) is 43.7 Å². The van der Waals surface area contributed by atoms with Crippen LogP contribution in [0.5, 0.6) is 5.75 Å². The zero-order valence-electron chi connectivity index (χ0n) is 22.7. The third-order valence-electron chi connectivity index (χ3n) is 8.46. The fourth-order valence-electron chi connectivity index (χ4n) is 6.23. The average molecular weight is 584 g/mol. The van der Waals surface area contributed by atoms with E-state index in [0.717, 1.165) is 10.6 Å². The maximum absolute atomic E-state index is 14.1. The number of fused-ring (bicyclic) bond motifs is 1. The molecule has 0 spiro atoms. The molecule has 4 rings (SSSR count). The van der Waals surface area contributed by atoms with Crippen LogP contribution in [-0.2, 0) is 20.8 Å². The van der Waals surface area contributed by atoms with Gasteiger partial charge in [-0.3, -0.25) is 14.4 Å². The third kappa shape index (κ3) is 5.56. The minimum atomic E-state index is -2.92. The Kier molecular flexibility index (Phi) is 8.79. The Balaban J connectivity index is 1.75. The van der Waals surface area contributed by atoms with Crippen LogP contribution in [0.2, 0.25) is 5.02 Å². The van der Waals surface area contributed by atoms with Crippen LogP contribution in [0.15, 0.2) is 23.5 Å². The molecule has 2 aliphatic heterocycles. The molecule has 3 atom stereocenters. The molecule has 0 unspecified atom stereocenters. The summed E-state index contributed by atoms with van der Waals surface area (Å²) in [7, 11) is 1.25. The molecule has 0 radical (unpaired) electrons. The van der Waals surface area contributed by atoms with E-state index in [9.17, 15) is 28.3 Å². The summed E-state index contributed by atoms with van der Waals surface area (Å²) in [6.07, 6.45) is 0.000739. The van der Waals surface area contributed by atoms with Crippen LogP contribution in [0.1, 0.15) is 56.2 Å². The molecular weight excluding hydrogens is 548 g/mol. The zero-order valence-corrected chi connectivity index (χ0v) is 23.4. The minimum absolute atomic E-state index is 0.0417. The van der Waals surface area contributed by atoms with Crippen LogP contribution in [0.3, 0.4) is 0 Å². The van der Waals surface area contributed by atoms with Gasteiger partial charge in [-0.15, -0.1) is 0 Å². The van der Waals surface area contributed by atoms with Crippen molar-refractivity contribution < 1.29 is 33.0 Å². The van der Waals surface area contributed by atoms with E-state index in [4.69, 9.17) is 27.9 Å². The van der Waals surface area contributed by atoms with Gasteiger partial charge in [-0.1, -0.05) is 18.0 Å². The number of hydrogen-bond donors (Lipinski definition) is 3. The lowest BCUT2D eigenvalue weighted by Gasteiger charge is -2.42. The van der Waals surface area contributed by atoms with Crippen molar-refractivity contribution in [2.24, 2.45) is 22.9 Å². The number of carboxylic acid groups (broad SMARTS) is 1. The summed E-state index contributed by atoms with van der Waals surface area (Å²) in [5, 5.41) is 11.1. The standard InChI is InChI=1S/C27H36ClF2N5O5/c1-27(26(38)39)10-3-5-16(27)25(37)35-12-9-15-17(28)7-8-20(40-14-18(31)23(24(29)30)33(2)32)22(15)19(35)13-34-11-4-6-21(34)36/h7-8,16,19,24H,3-6,9-14,31-32H2,1-2H3,(H,38,39)/b23-18-/t16-,19+,27-/m0/s1. The van der Waals surface area contributed by atoms with E-state index in [1.165, 1.54) is 7.05 Å². The fraction of sp³-hybridized carbons (Fsp3) is 0.593. The third-order valence-corrected chi connectivity index (χ3v) is 8.82. The molecule has 1 aliphatic carbocycles. The molecule has 5 N–H and O–H groups in total. The number of carbonyl (C=O) groups is 3. The summed E-state index contributed by atoms with van der Waals surface area (Å²) in [6, 6.07) is 2.54. The number of halogens is 3. The Morgan fingerprint density at radius 3 is 2.60 bits per heavy atom. The summed E-state index contributed by atoms with van der Waals surface area (Å²) in [4.78, 5) is 42.2. The highest BCUT2D eigenvalue weighted by Gasteiger charge is 2.51. The topological polar surface area (TPSA) is 142 Å². The summed E-state index contributed by atoms with van der Waals surface area (Å²) in [5.74, 6) is 3.76. The van der Waals surface area contributed by atoms with Gasteiger partial charge in [0.15, 0.2) is 0 Å². The molecule has 1 aromatic rings. The first-order valence-corrected chi connectivity index (χ1v) is 13.8. The SMILES string of the molecule is CN(N)/C(=C(\N)COc1ccc(Cl)c2c1[C@@H](CN1CCCC1=O)N(C(=O)[C@@H]1CCC[C@]1(C)C(=O)O)CC2)C(F)F. The van der Waals surface area contributed by atoms with Crippen LogP contribution in [0, 0.1) is 11.3 Å². The van der Waals surface area contributed by atoms with Crippen molar-refractivity contribution in [3.63, 3.8) is 0 Å². The van der Waals surface area contributed by atoms with Gasteiger partial charge in [0.25, 0.3) is 6.43 Å². The molecule has 3 aliphatic rings. The Labute approximate surface area is 236 Å². The van der Waals surface area contributed by atoms with Gasteiger partial charge in [-0.05, 0) is 50.3 Å². The number of alkyl halides is 2. The van der Waals surface area contributed by atoms with Gasteiger partial charge in [-0.2, -0.15) is 0 Å². The lowest BCUT2D eigenvalue weighted by atomic mass is 9.78. The van der Waals surface area contributed by atoms with Crippen LogP contribution in [0.4, 0.5) is 8.78 Å². The van der Waals surface area contributed by atoms with Crippen LogP contribution < -0.4 is 16.3 Å². The number of carboxylic acids is 1. The molecule has 13 heteroatoms. The number of ether oxygens (including phenoxy) is 1. The number of rotatable bonds is 9. The van der Waals surface area contributed by atoms with E-state index in [0.29, 0.717) is 55.7 Å². The van der Waals surface area contributed by atoms with Gasteiger partial charge in [-0.25, -0.2) is 14.6 Å². The molecule has 10 nitrogen and oxygen atoms in total. The number of aliphatic carboxylic acids is 1. The monoisotopic (exact) mass is 583 g/mol. The first-order valence-electron chi connectivity index (χ1n) is 13.4. The van der Waals surface area contributed by atoms with Crippen LogP contribution in [-0.4, -0.2) is 77.4 Å². The lowest BCUT2D eigenvalue weighted by Crippen LogP contribution is -2.50. The predicted octanol–water partition coefficient (Wildman–Crippen LogP) is 2.90. The predicted molar refractivity (Wildman–Crippen MR) is 143 cm³/mol. The van der Waals surface area contributed by atoms with Crippen LogP contribution in [0.25, 0.3) is 0 Å². The molecule has 2 fully saturated rings. The van der Waals surface area contributed by atoms with Crippen molar-refractivity contribution in [2.45, 2.75) is 57.9 Å². The van der Waals surface area contributed by atoms with E-state index < -0.39 is 42.1 Å². The number of hydrazine groups is 1. The van der Waals surface area contributed by atoms with E-state index in [2.05, 4.69) is 0 Å². The number of carbonyl (C=O) groups excluding carboxylic acids is 2. The molecule has 1 aromatic carbocycles. The summed E-state index contributed by atoms with van der Waals surface area (Å²) in [6.45, 7) is 2.18. The molecule has 0 bridgehead atoms. The van der Waals surface area contributed by atoms with Gasteiger partial charge < -0.3 is 30.4 Å². The van der Waals surface area contributed by atoms with Crippen molar-refractivity contribution in [3.05, 3.63) is 39.7 Å². The van der Waals surface area contributed by atoms with Crippen molar-refractivity contribution in [1.29, 1.82) is 0 Å². The minimum Gasteiger partial charge on any atom is -0.487 e. The normalized spacial score (nSPS) is 25.2. The molecule has 2 heterocycles. The van der Waals surface area contributed by atoms with Gasteiger partial charge >= 0.3 is 5.97 Å². The lowest BCUT2D eigenvalue weighted by molar-refractivity contribution is -0.157. The Bertz CT molecular complexity index is 1200. The second-order valence-electron chi connectivity index (χ2n) is 11.0. The molecule has 220 valence electrons. The van der Waals surface area contributed by atoms with E-state index in [-0.39, 0.29) is 36.4 Å². The van der Waals surface area contributed by atoms with E-state index >= 15 is 0 Å². The maximum Gasteiger partial charge on any atom is 0.310 e. The van der Waals surface area contributed by atoms with E-state index in [1.807, 2.05) is 0 Å². The number of nitrogens with two attached hydrogens (primary N) is 2. The summed E-state index contributed by atoms with van der Waals surface area (Å²) in [5.41, 5.74) is 5.18. The Hall–Kier alpha value is -3.12. The fourth-order valence-corrected chi connectivity index (χ4v) is 6.49. The first-order chi connectivity index (χ1) is 18.9. The van der Waals surface area contributed by atoms with Crippen LogP contribution >= 0.6 is 11.6 Å². The second kappa shape index (κ2) is 11.8. The number of hydrogen-bond acceptors (Lipinski definition) is 7. The largest absolute Gasteiger partial charge is 0.487 e. The Morgan fingerprint density at radius 2 is 2.00 bits per heavy atom. The van der Waals surface area contributed by atoms with Gasteiger partial charge in [0.2, 0.25) is 11.8 Å². The van der Waals surface area contributed by atoms with E-state index in [1.54, 1.807) is 28.9 Å². The molecule has 2 amide bonds. The molecular formula is C27H36ClF2N5O5. The first kappa shape index (κ1) is 29.9. The number of allylic oxidation sites excluding steroid dienone is 1. The molecule has 1 saturated carbocycles. The van der Waals surface area contributed by atoms with Crippen molar-refractivity contribution >= 4 is 29.4 Å². The average Bonchev–Trinajstić information content (AvgIpc) is 3.48. The molecule has 1 saturated heterocycles. The zero-order chi connectivity index (χ0) is 29.4. The number of likely N-dealkylation sites (tertiary alicyclic amines) is 1. The highest BCUT2D eigenvalue weighted by atomic mass is 35.5. The van der Waals surface area contributed by atoms with Crippen molar-refractivity contribution in [2.75, 3.05) is 33.3 Å². The second-order valence-corrected chi connectivity index (χ2v) is 11.4. The summed E-state index contributed by atoms with van der Waals surface area (Å²) < 4.78 is 33.0.